The highest BCUT2D eigenvalue weighted by atomic mass is 35.5. The van der Waals surface area contributed by atoms with Crippen LogP contribution in [-0.4, -0.2) is 33.2 Å². The average molecular weight is 555 g/mol. The van der Waals surface area contributed by atoms with Crippen molar-refractivity contribution in [3.8, 4) is 11.3 Å². The lowest BCUT2D eigenvalue weighted by Gasteiger charge is -2.30. The molecule has 9 heteroatoms. The van der Waals surface area contributed by atoms with Crippen molar-refractivity contribution in [3.63, 3.8) is 0 Å². The molecule has 0 amide bonds. The van der Waals surface area contributed by atoms with Crippen LogP contribution in [0.3, 0.4) is 0 Å². The average Bonchev–Trinajstić information content (AvgIpc) is 3.34. The molecule has 4 heterocycles. The van der Waals surface area contributed by atoms with Crippen molar-refractivity contribution in [2.75, 3.05) is 0 Å². The van der Waals surface area contributed by atoms with E-state index in [-0.39, 0.29) is 10.5 Å². The molecule has 0 saturated heterocycles. The van der Waals surface area contributed by atoms with Crippen LogP contribution in [0.15, 0.2) is 115 Å². The van der Waals surface area contributed by atoms with Crippen LogP contribution in [0.2, 0.25) is 5.02 Å². The number of halogens is 1. The topological polar surface area (TPSA) is 97.1 Å². The molecule has 0 saturated carbocycles. The number of allylic oxidation sites excluding steroid dienone is 2. The third-order valence-corrected chi connectivity index (χ3v) is 8.55. The summed E-state index contributed by atoms with van der Waals surface area (Å²) in [6.45, 7) is 1.64. The zero-order chi connectivity index (χ0) is 27.2. The summed E-state index contributed by atoms with van der Waals surface area (Å²) in [6.07, 6.45) is 8.40. The lowest BCUT2D eigenvalue weighted by molar-refractivity contribution is 0.0925. The minimum atomic E-state index is -4.02. The second-order valence-electron chi connectivity index (χ2n) is 9.36. The third kappa shape index (κ3) is 4.52. The lowest BCUT2D eigenvalue weighted by Crippen LogP contribution is -2.41. The van der Waals surface area contributed by atoms with Gasteiger partial charge < -0.3 is 10.4 Å². The van der Waals surface area contributed by atoms with Gasteiger partial charge in [0.05, 0.1) is 10.6 Å². The summed E-state index contributed by atoms with van der Waals surface area (Å²) in [5, 5.41) is 15.4. The summed E-state index contributed by atoms with van der Waals surface area (Å²) in [4.78, 5) is 8.87. The van der Waals surface area contributed by atoms with E-state index in [1.807, 2.05) is 36.4 Å². The van der Waals surface area contributed by atoms with Crippen LogP contribution >= 0.6 is 11.6 Å². The Morgan fingerprint density at radius 1 is 0.949 bits per heavy atom. The fraction of sp³-hybridized carbons (Fsp3) is 0.0667. The molecule has 5 aromatic rings. The van der Waals surface area contributed by atoms with Gasteiger partial charge in [-0.25, -0.2) is 17.4 Å². The van der Waals surface area contributed by atoms with Crippen LogP contribution in [0, 0.1) is 0 Å². The molecule has 6 rings (SSSR count). The van der Waals surface area contributed by atoms with Crippen molar-refractivity contribution in [2.45, 2.75) is 17.5 Å². The second kappa shape index (κ2) is 9.50. The van der Waals surface area contributed by atoms with Crippen molar-refractivity contribution in [3.05, 3.63) is 126 Å². The molecule has 2 aromatic carbocycles. The van der Waals surface area contributed by atoms with Crippen molar-refractivity contribution < 1.29 is 13.5 Å². The summed E-state index contributed by atoms with van der Waals surface area (Å²) >= 11 is 6.47. The molecule has 0 bridgehead atoms. The van der Waals surface area contributed by atoms with Crippen molar-refractivity contribution in [1.82, 2.24) is 19.3 Å². The fourth-order valence-corrected chi connectivity index (χ4v) is 6.55. The maximum atomic E-state index is 14.0. The van der Waals surface area contributed by atoms with Crippen LogP contribution in [0.4, 0.5) is 0 Å². The summed E-state index contributed by atoms with van der Waals surface area (Å²) in [6, 6.07) is 22.8. The number of hydrogen-bond donors (Lipinski definition) is 2. The molecule has 194 valence electrons. The van der Waals surface area contributed by atoms with Crippen LogP contribution < -0.4 is 5.32 Å². The van der Waals surface area contributed by atoms with Crippen molar-refractivity contribution in [1.29, 1.82) is 0 Å². The molecule has 39 heavy (non-hydrogen) atoms. The summed E-state index contributed by atoms with van der Waals surface area (Å²) in [5.74, 6) is 0. The molecular weight excluding hydrogens is 532 g/mol. The molecule has 1 unspecified atom stereocenters. The number of aromatic nitrogens is 3. The Kier molecular flexibility index (Phi) is 6.10. The molecule has 3 aromatic heterocycles. The normalized spacial score (nSPS) is 17.4. The first-order valence-electron chi connectivity index (χ1n) is 12.2. The number of aliphatic hydroxyl groups is 1. The maximum Gasteiger partial charge on any atom is 0.269 e. The van der Waals surface area contributed by atoms with E-state index in [0.29, 0.717) is 38.5 Å². The van der Waals surface area contributed by atoms with Gasteiger partial charge in [-0.1, -0.05) is 48.0 Å². The monoisotopic (exact) mass is 554 g/mol. The number of nitrogens with zero attached hydrogens (tertiary/aromatic N) is 3. The van der Waals surface area contributed by atoms with E-state index in [9.17, 15) is 13.5 Å². The van der Waals surface area contributed by atoms with Gasteiger partial charge in [-0.15, -0.1) is 0 Å². The number of pyridine rings is 2. The summed E-state index contributed by atoms with van der Waals surface area (Å²) in [7, 11) is -4.02. The SMILES string of the molecule is CC1(O)C=C(c2ccnc3c2cc(-c2cccnc2)n3S(=O)(=O)c2ccccc2)C=C(c2ccccc2Cl)N1. The molecule has 0 fully saturated rings. The third-order valence-electron chi connectivity index (χ3n) is 6.50. The predicted octanol–water partition coefficient (Wildman–Crippen LogP) is 5.72. The van der Waals surface area contributed by atoms with Gasteiger partial charge in [-0.3, -0.25) is 4.98 Å². The number of rotatable bonds is 5. The Labute approximate surface area is 230 Å². The highest BCUT2D eigenvalue weighted by Gasteiger charge is 2.29. The van der Waals surface area contributed by atoms with Gasteiger partial charge in [0, 0.05) is 45.8 Å². The minimum absolute atomic E-state index is 0.143. The number of hydrogen-bond acceptors (Lipinski definition) is 6. The standard InChI is InChI=1S/C30H23ClN4O3S/c1-30(36)18-21(16-27(34-30)24-11-5-6-12-26(24)31)23-13-15-33-29-25(23)17-28(20-8-7-14-32-19-20)35(29)39(37,38)22-9-3-2-4-10-22/h2-19,34,36H,1H3. The van der Waals surface area contributed by atoms with E-state index in [4.69, 9.17) is 11.6 Å². The minimum Gasteiger partial charge on any atom is -0.368 e. The van der Waals surface area contributed by atoms with Gasteiger partial charge in [0.2, 0.25) is 0 Å². The van der Waals surface area contributed by atoms with Crippen LogP contribution in [-0.2, 0) is 10.0 Å². The molecule has 1 aliphatic rings. The van der Waals surface area contributed by atoms with Crippen LogP contribution in [0.1, 0.15) is 18.1 Å². The van der Waals surface area contributed by atoms with E-state index in [1.165, 1.54) is 3.97 Å². The van der Waals surface area contributed by atoms with Crippen LogP contribution in [0.5, 0.6) is 0 Å². The van der Waals surface area contributed by atoms with Gasteiger partial charge >= 0.3 is 0 Å². The molecule has 7 nitrogen and oxygen atoms in total. The van der Waals surface area contributed by atoms with E-state index >= 15 is 0 Å². The Morgan fingerprint density at radius 3 is 2.46 bits per heavy atom. The number of benzene rings is 2. The van der Waals surface area contributed by atoms with E-state index < -0.39 is 15.7 Å². The highest BCUT2D eigenvalue weighted by molar-refractivity contribution is 7.90. The van der Waals surface area contributed by atoms with Gasteiger partial charge in [0.25, 0.3) is 10.0 Å². The zero-order valence-electron chi connectivity index (χ0n) is 20.8. The van der Waals surface area contributed by atoms with Crippen LogP contribution in [0.25, 0.3) is 33.6 Å². The second-order valence-corrected chi connectivity index (χ2v) is 11.6. The van der Waals surface area contributed by atoms with Gasteiger partial charge in [0.15, 0.2) is 11.4 Å². The van der Waals surface area contributed by atoms with Crippen molar-refractivity contribution in [2.24, 2.45) is 0 Å². The Bertz CT molecular complexity index is 1880. The molecule has 2 N–H and O–H groups in total. The number of fused-ring (bicyclic) bond motifs is 1. The molecule has 0 spiro atoms. The number of nitrogens with one attached hydrogen (secondary N) is 1. The van der Waals surface area contributed by atoms with Gasteiger partial charge in [-0.05, 0) is 72.7 Å². The Morgan fingerprint density at radius 2 is 1.72 bits per heavy atom. The maximum absolute atomic E-state index is 14.0. The lowest BCUT2D eigenvalue weighted by atomic mass is 9.94. The predicted molar refractivity (Wildman–Crippen MR) is 153 cm³/mol. The van der Waals surface area contributed by atoms with E-state index in [0.717, 1.165) is 5.56 Å². The van der Waals surface area contributed by atoms with E-state index in [1.54, 1.807) is 80.1 Å². The van der Waals surface area contributed by atoms with Crippen molar-refractivity contribution >= 4 is 43.9 Å². The molecule has 1 aliphatic heterocycles. The Balaban J connectivity index is 1.62. The molecule has 0 aliphatic carbocycles. The smallest absolute Gasteiger partial charge is 0.269 e. The van der Waals surface area contributed by atoms with Gasteiger partial charge in [-0.2, -0.15) is 0 Å². The number of dihydropyridines is 1. The highest BCUT2D eigenvalue weighted by Crippen LogP contribution is 2.38. The summed E-state index contributed by atoms with van der Waals surface area (Å²) in [5.41, 5.74) is 2.69. The van der Waals surface area contributed by atoms with E-state index in [2.05, 4.69) is 15.3 Å². The Hall–Kier alpha value is -4.24. The fourth-order valence-electron chi connectivity index (χ4n) is 4.81. The summed E-state index contributed by atoms with van der Waals surface area (Å²) < 4.78 is 29.2. The zero-order valence-corrected chi connectivity index (χ0v) is 22.4. The quantitative estimate of drug-likeness (QED) is 0.288. The molecule has 0 radical (unpaired) electrons. The first kappa shape index (κ1) is 25.1. The first-order valence-corrected chi connectivity index (χ1v) is 14.0. The molecule has 1 atom stereocenters. The molecular formula is C30H23ClN4O3S. The first-order chi connectivity index (χ1) is 18.7. The van der Waals surface area contributed by atoms with Gasteiger partial charge in [0.1, 0.15) is 0 Å². The largest absolute Gasteiger partial charge is 0.368 e.